The Bertz CT molecular complexity index is 1420. The van der Waals surface area contributed by atoms with Crippen molar-refractivity contribution < 1.29 is 18.0 Å². The van der Waals surface area contributed by atoms with Crippen molar-refractivity contribution in [2.75, 3.05) is 25.5 Å². The van der Waals surface area contributed by atoms with Gasteiger partial charge in [0.2, 0.25) is 10.0 Å². The molecule has 0 unspecified atom stereocenters. The number of primary amides is 1. The summed E-state index contributed by atoms with van der Waals surface area (Å²) in [6.45, 7) is 2.25. The van der Waals surface area contributed by atoms with Crippen LogP contribution in [0.5, 0.6) is 0 Å². The van der Waals surface area contributed by atoms with Gasteiger partial charge in [-0.3, -0.25) is 9.59 Å². The number of benzene rings is 2. The van der Waals surface area contributed by atoms with E-state index in [-0.39, 0.29) is 17.3 Å². The van der Waals surface area contributed by atoms with E-state index in [0.717, 1.165) is 22.5 Å². The van der Waals surface area contributed by atoms with Crippen molar-refractivity contribution in [2.45, 2.75) is 30.8 Å². The number of carbonyl (C=O) groups excluding carboxylic acids is 2. The molecule has 0 aliphatic carbocycles. The summed E-state index contributed by atoms with van der Waals surface area (Å²) in [5.74, 6) is -0.984. The first kappa shape index (κ1) is 26.3. The van der Waals surface area contributed by atoms with Gasteiger partial charge in [-0.05, 0) is 60.8 Å². The lowest BCUT2D eigenvalue weighted by Crippen LogP contribution is -2.35. The minimum atomic E-state index is -3.69. The summed E-state index contributed by atoms with van der Waals surface area (Å²) in [6.07, 6.45) is 1.36. The van der Waals surface area contributed by atoms with Crippen LogP contribution >= 0.6 is 23.7 Å². The fourth-order valence-electron chi connectivity index (χ4n) is 4.66. The number of hydrogen-bond acceptors (Lipinski definition) is 6. The second-order valence-corrected chi connectivity index (χ2v) is 11.9. The lowest BCUT2D eigenvalue weighted by molar-refractivity contribution is 0.1000. The molecule has 2 aliphatic heterocycles. The summed E-state index contributed by atoms with van der Waals surface area (Å²) in [5.41, 5.74) is 9.38. The lowest BCUT2D eigenvalue weighted by atomic mass is 10.0. The molecule has 0 atom stereocenters. The third kappa shape index (κ3) is 4.91. The first-order chi connectivity index (χ1) is 16.7. The van der Waals surface area contributed by atoms with E-state index in [0.29, 0.717) is 48.6 Å². The molecule has 0 saturated heterocycles. The Kier molecular flexibility index (Phi) is 7.53. The highest BCUT2D eigenvalue weighted by molar-refractivity contribution is 7.89. The van der Waals surface area contributed by atoms with Gasteiger partial charge in [0.15, 0.2) is 0 Å². The normalized spacial score (nSPS) is 15.9. The van der Waals surface area contributed by atoms with E-state index in [1.165, 1.54) is 45.5 Å². The number of fused-ring (bicyclic) bond motifs is 2. The molecule has 36 heavy (non-hydrogen) atoms. The van der Waals surface area contributed by atoms with E-state index in [1.54, 1.807) is 0 Å². The molecule has 3 heterocycles. The number of halogens is 1. The molecule has 3 aromatic rings. The van der Waals surface area contributed by atoms with Gasteiger partial charge in [0.05, 0.1) is 10.5 Å². The van der Waals surface area contributed by atoms with Gasteiger partial charge in [-0.1, -0.05) is 24.3 Å². The minimum Gasteiger partial charge on any atom is -0.365 e. The van der Waals surface area contributed by atoms with E-state index in [1.807, 2.05) is 31.3 Å². The highest BCUT2D eigenvalue weighted by Crippen LogP contribution is 2.37. The van der Waals surface area contributed by atoms with Crippen molar-refractivity contribution in [3.05, 3.63) is 81.2 Å². The lowest BCUT2D eigenvalue weighted by Gasteiger charge is -2.28. The second-order valence-electron chi connectivity index (χ2n) is 8.90. The number of sulfonamides is 1. The van der Waals surface area contributed by atoms with Crippen LogP contribution in [-0.4, -0.2) is 49.6 Å². The number of thiophene rings is 1. The Morgan fingerprint density at radius 2 is 1.67 bits per heavy atom. The smallest absolute Gasteiger partial charge is 0.256 e. The Morgan fingerprint density at radius 1 is 0.972 bits per heavy atom. The molecule has 0 fully saturated rings. The van der Waals surface area contributed by atoms with Crippen LogP contribution in [0.3, 0.4) is 0 Å². The number of amides is 2. The number of anilines is 1. The molecule has 11 heteroatoms. The monoisotopic (exact) mass is 546 g/mol. The predicted octanol–water partition coefficient (Wildman–Crippen LogP) is 3.26. The van der Waals surface area contributed by atoms with Crippen LogP contribution in [0, 0.1) is 0 Å². The number of hydrogen-bond donors (Lipinski definition) is 2. The van der Waals surface area contributed by atoms with Crippen molar-refractivity contribution in [2.24, 2.45) is 5.73 Å². The SMILES string of the molecule is CN1CCc2c(sc(NC(=O)c3ccc(S(=O)(=O)N4CCc5ccccc5C4)cc3)c2C(N)=O)C1.Cl. The minimum absolute atomic E-state index is 0. The molecule has 5 rings (SSSR count). The van der Waals surface area contributed by atoms with Gasteiger partial charge >= 0.3 is 0 Å². The van der Waals surface area contributed by atoms with Crippen molar-refractivity contribution in [3.8, 4) is 0 Å². The van der Waals surface area contributed by atoms with Gasteiger partial charge in [-0.15, -0.1) is 23.7 Å². The molecule has 1 aromatic heterocycles. The van der Waals surface area contributed by atoms with E-state index >= 15 is 0 Å². The molecular weight excluding hydrogens is 520 g/mol. The number of nitrogens with one attached hydrogen (secondary N) is 1. The zero-order chi connectivity index (χ0) is 24.7. The average Bonchev–Trinajstić information content (AvgIpc) is 3.20. The van der Waals surface area contributed by atoms with Crippen molar-refractivity contribution in [1.29, 1.82) is 0 Å². The molecule has 3 N–H and O–H groups in total. The molecule has 0 radical (unpaired) electrons. The topological polar surface area (TPSA) is 113 Å². The quantitative estimate of drug-likeness (QED) is 0.510. The van der Waals surface area contributed by atoms with Crippen LogP contribution in [0.1, 0.15) is 42.3 Å². The van der Waals surface area contributed by atoms with E-state index in [9.17, 15) is 18.0 Å². The standard InChI is InChI=1S/C25H26N4O4S2.ClH/c1-28-12-11-20-21(15-28)34-25(22(20)23(26)30)27-24(31)17-6-8-19(9-7-17)35(32,33)29-13-10-16-4-2-3-5-18(16)14-29;/h2-9H,10-15H2,1H3,(H2,26,30)(H,27,31);1H. The zero-order valence-electron chi connectivity index (χ0n) is 19.7. The number of likely N-dealkylation sites (N-methyl/N-ethyl adjacent to an activating group) is 1. The second kappa shape index (κ2) is 10.3. The van der Waals surface area contributed by atoms with E-state index in [2.05, 4.69) is 10.2 Å². The largest absolute Gasteiger partial charge is 0.365 e. The van der Waals surface area contributed by atoms with Gasteiger partial charge in [0.25, 0.3) is 11.8 Å². The average molecular weight is 547 g/mol. The fourth-order valence-corrected chi connectivity index (χ4v) is 7.40. The number of nitrogens with zero attached hydrogens (tertiary/aromatic N) is 2. The third-order valence-corrected chi connectivity index (χ3v) is 9.56. The van der Waals surface area contributed by atoms with Gasteiger partial charge < -0.3 is 16.0 Å². The Labute approximate surface area is 220 Å². The maximum absolute atomic E-state index is 13.2. The molecule has 2 aliphatic rings. The van der Waals surface area contributed by atoms with Gasteiger partial charge in [0, 0.05) is 36.6 Å². The predicted molar refractivity (Wildman–Crippen MR) is 142 cm³/mol. The molecule has 0 saturated carbocycles. The molecule has 190 valence electrons. The van der Waals surface area contributed by atoms with Gasteiger partial charge in [-0.2, -0.15) is 4.31 Å². The van der Waals surface area contributed by atoms with Crippen LogP contribution in [-0.2, 0) is 36.0 Å². The molecule has 2 amide bonds. The van der Waals surface area contributed by atoms with Crippen LogP contribution in [0.2, 0.25) is 0 Å². The zero-order valence-corrected chi connectivity index (χ0v) is 22.1. The summed E-state index contributed by atoms with van der Waals surface area (Å²) in [4.78, 5) is 28.4. The molecule has 2 aromatic carbocycles. The maximum Gasteiger partial charge on any atom is 0.256 e. The molecule has 0 spiro atoms. The third-order valence-electron chi connectivity index (χ3n) is 6.57. The van der Waals surface area contributed by atoms with Crippen LogP contribution in [0.15, 0.2) is 53.4 Å². The number of carbonyl (C=O) groups is 2. The Morgan fingerprint density at radius 3 is 2.36 bits per heavy atom. The van der Waals surface area contributed by atoms with E-state index in [4.69, 9.17) is 5.73 Å². The van der Waals surface area contributed by atoms with Gasteiger partial charge in [-0.25, -0.2) is 8.42 Å². The first-order valence-electron chi connectivity index (χ1n) is 11.4. The summed E-state index contributed by atoms with van der Waals surface area (Å²) in [5, 5.41) is 3.25. The van der Waals surface area contributed by atoms with Crippen LogP contribution in [0.4, 0.5) is 5.00 Å². The summed E-state index contributed by atoms with van der Waals surface area (Å²) in [7, 11) is -1.69. The van der Waals surface area contributed by atoms with Crippen molar-refractivity contribution in [1.82, 2.24) is 9.21 Å². The van der Waals surface area contributed by atoms with Crippen molar-refractivity contribution >= 4 is 50.6 Å². The maximum atomic E-state index is 13.2. The van der Waals surface area contributed by atoms with Crippen LogP contribution < -0.4 is 11.1 Å². The Balaban J connectivity index is 0.00000304. The molecule has 8 nitrogen and oxygen atoms in total. The first-order valence-corrected chi connectivity index (χ1v) is 13.6. The summed E-state index contributed by atoms with van der Waals surface area (Å²) < 4.78 is 27.9. The molecule has 0 bridgehead atoms. The highest BCUT2D eigenvalue weighted by atomic mass is 35.5. The summed E-state index contributed by atoms with van der Waals surface area (Å²) in [6, 6.07) is 13.7. The number of rotatable bonds is 5. The summed E-state index contributed by atoms with van der Waals surface area (Å²) >= 11 is 1.36. The fraction of sp³-hybridized carbons (Fsp3) is 0.280. The van der Waals surface area contributed by atoms with Crippen LogP contribution in [0.25, 0.3) is 0 Å². The highest BCUT2D eigenvalue weighted by Gasteiger charge is 2.29. The Hall–Kier alpha value is -2.76. The molecular formula is C25H27ClN4O4S2. The van der Waals surface area contributed by atoms with Crippen molar-refractivity contribution in [3.63, 3.8) is 0 Å². The van der Waals surface area contributed by atoms with Gasteiger partial charge in [0.1, 0.15) is 5.00 Å². The van der Waals surface area contributed by atoms with E-state index < -0.39 is 21.8 Å². The number of nitrogens with two attached hydrogens (primary N) is 1.